The van der Waals surface area contributed by atoms with Crippen molar-refractivity contribution in [1.29, 1.82) is 0 Å². The maximum absolute atomic E-state index is 12.0. The SMILES string of the molecule is COC(=O)C1C(=C(C=O)CCCc2ccccc2)O[C@@H]2CC(=O)N12. The fourth-order valence-corrected chi connectivity index (χ4v) is 3.10. The van der Waals surface area contributed by atoms with Crippen molar-refractivity contribution in [2.75, 3.05) is 7.11 Å². The topological polar surface area (TPSA) is 72.9 Å². The van der Waals surface area contributed by atoms with Crippen molar-refractivity contribution in [2.45, 2.75) is 38.0 Å². The Bertz CT molecular complexity index is 682. The van der Waals surface area contributed by atoms with Crippen LogP contribution >= 0.6 is 0 Å². The Morgan fingerprint density at radius 3 is 2.75 bits per heavy atom. The summed E-state index contributed by atoms with van der Waals surface area (Å²) in [6.07, 6.45) is 2.54. The van der Waals surface area contributed by atoms with E-state index in [1.54, 1.807) is 0 Å². The predicted octanol–water partition coefficient (Wildman–Crippen LogP) is 1.59. The number of esters is 1. The minimum Gasteiger partial charge on any atom is -0.471 e. The zero-order chi connectivity index (χ0) is 17.1. The molecule has 2 aliphatic rings. The summed E-state index contributed by atoms with van der Waals surface area (Å²) in [6.45, 7) is 0. The molecule has 24 heavy (non-hydrogen) atoms. The van der Waals surface area contributed by atoms with Gasteiger partial charge in [-0.3, -0.25) is 14.5 Å². The van der Waals surface area contributed by atoms with Crippen LogP contribution in [0.1, 0.15) is 24.8 Å². The maximum Gasteiger partial charge on any atom is 0.336 e. The number of benzene rings is 1. The molecule has 0 saturated carbocycles. The lowest BCUT2D eigenvalue weighted by molar-refractivity contribution is -0.164. The molecule has 0 aliphatic carbocycles. The average Bonchev–Trinajstić information content (AvgIpc) is 2.91. The summed E-state index contributed by atoms with van der Waals surface area (Å²) >= 11 is 0. The largest absolute Gasteiger partial charge is 0.471 e. The van der Waals surface area contributed by atoms with Crippen LogP contribution < -0.4 is 0 Å². The number of hydrogen-bond donors (Lipinski definition) is 0. The van der Waals surface area contributed by atoms with Gasteiger partial charge in [-0.25, -0.2) is 4.79 Å². The van der Waals surface area contributed by atoms with Crippen molar-refractivity contribution in [3.63, 3.8) is 0 Å². The van der Waals surface area contributed by atoms with Gasteiger partial charge in [0.1, 0.15) is 12.0 Å². The summed E-state index contributed by atoms with van der Waals surface area (Å²) < 4.78 is 10.4. The van der Waals surface area contributed by atoms with Gasteiger partial charge in [0.05, 0.1) is 13.5 Å². The second kappa shape index (κ2) is 6.86. The summed E-state index contributed by atoms with van der Waals surface area (Å²) in [4.78, 5) is 36.6. The van der Waals surface area contributed by atoms with Gasteiger partial charge in [-0.15, -0.1) is 0 Å². The fourth-order valence-electron chi connectivity index (χ4n) is 3.10. The van der Waals surface area contributed by atoms with E-state index in [1.165, 1.54) is 17.6 Å². The third-order valence-electron chi connectivity index (χ3n) is 4.37. The molecule has 0 aromatic heterocycles. The van der Waals surface area contributed by atoms with Gasteiger partial charge in [-0.1, -0.05) is 30.3 Å². The molecule has 0 radical (unpaired) electrons. The Balaban J connectivity index is 1.75. The third-order valence-corrected chi connectivity index (χ3v) is 4.37. The van der Waals surface area contributed by atoms with E-state index >= 15 is 0 Å². The van der Waals surface area contributed by atoms with Crippen LogP contribution in [0.5, 0.6) is 0 Å². The van der Waals surface area contributed by atoms with Gasteiger partial charge in [0, 0.05) is 5.57 Å². The third kappa shape index (κ3) is 2.91. The van der Waals surface area contributed by atoms with E-state index in [0.717, 1.165) is 12.8 Å². The molecule has 2 fully saturated rings. The molecule has 126 valence electrons. The first-order chi connectivity index (χ1) is 11.7. The van der Waals surface area contributed by atoms with Gasteiger partial charge < -0.3 is 9.47 Å². The number of β-lactam (4-membered cyclic amide) rings is 1. The van der Waals surface area contributed by atoms with Gasteiger partial charge in [0.15, 0.2) is 12.3 Å². The molecule has 0 N–H and O–H groups in total. The van der Waals surface area contributed by atoms with Gasteiger partial charge in [-0.05, 0) is 24.8 Å². The van der Waals surface area contributed by atoms with Crippen molar-refractivity contribution in [1.82, 2.24) is 4.90 Å². The van der Waals surface area contributed by atoms with Crippen LogP contribution in [-0.2, 0) is 30.3 Å². The molecule has 1 amide bonds. The van der Waals surface area contributed by atoms with Crippen LogP contribution in [0.3, 0.4) is 0 Å². The van der Waals surface area contributed by atoms with E-state index in [-0.39, 0.29) is 18.1 Å². The minimum atomic E-state index is -0.932. The minimum absolute atomic E-state index is 0.167. The molecule has 1 aromatic carbocycles. The van der Waals surface area contributed by atoms with Gasteiger partial charge in [-0.2, -0.15) is 0 Å². The molecule has 6 nitrogen and oxygen atoms in total. The number of aldehydes is 1. The summed E-state index contributed by atoms with van der Waals surface area (Å²) in [5.41, 5.74) is 1.60. The summed E-state index contributed by atoms with van der Waals surface area (Å²) in [7, 11) is 1.26. The van der Waals surface area contributed by atoms with E-state index in [0.29, 0.717) is 18.3 Å². The van der Waals surface area contributed by atoms with Gasteiger partial charge in [0.2, 0.25) is 5.91 Å². The number of rotatable bonds is 6. The molecule has 2 atom stereocenters. The molecular weight excluding hydrogens is 310 g/mol. The van der Waals surface area contributed by atoms with Crippen molar-refractivity contribution in [2.24, 2.45) is 0 Å². The van der Waals surface area contributed by atoms with E-state index in [1.807, 2.05) is 30.3 Å². The number of aryl methyl sites for hydroxylation is 1. The smallest absolute Gasteiger partial charge is 0.336 e. The maximum atomic E-state index is 12.0. The van der Waals surface area contributed by atoms with E-state index < -0.39 is 18.2 Å². The molecule has 1 aromatic rings. The van der Waals surface area contributed by atoms with Gasteiger partial charge in [0.25, 0.3) is 0 Å². The number of allylic oxidation sites excluding steroid dienone is 1. The molecule has 3 rings (SSSR count). The zero-order valence-electron chi connectivity index (χ0n) is 13.4. The lowest BCUT2D eigenvalue weighted by Crippen LogP contribution is -2.55. The lowest BCUT2D eigenvalue weighted by atomic mass is 10.0. The fraction of sp³-hybridized carbons (Fsp3) is 0.389. The molecule has 0 spiro atoms. The Labute approximate surface area is 140 Å². The number of carbonyl (C=O) groups is 3. The number of fused-ring (bicyclic) bond motifs is 1. The number of methoxy groups -OCH3 is 1. The summed E-state index contributed by atoms with van der Waals surface area (Å²) in [6, 6.07) is 9.02. The monoisotopic (exact) mass is 329 g/mol. The van der Waals surface area contributed by atoms with Crippen LogP contribution in [0.2, 0.25) is 0 Å². The van der Waals surface area contributed by atoms with Crippen LogP contribution in [0, 0.1) is 0 Å². The van der Waals surface area contributed by atoms with E-state index in [4.69, 9.17) is 9.47 Å². The molecule has 6 heteroatoms. The van der Waals surface area contributed by atoms with E-state index in [9.17, 15) is 14.4 Å². The number of hydrogen-bond acceptors (Lipinski definition) is 5. The normalized spacial score (nSPS) is 23.9. The Kier molecular flexibility index (Phi) is 4.64. The van der Waals surface area contributed by atoms with Crippen molar-refractivity contribution in [3.8, 4) is 0 Å². The molecule has 0 bridgehead atoms. The average molecular weight is 329 g/mol. The van der Waals surface area contributed by atoms with Crippen LogP contribution in [0.4, 0.5) is 0 Å². The standard InChI is InChI=1S/C18H19NO5/c1-23-18(22)16-17(24-15-10-14(21)19(15)16)13(11-20)9-5-8-12-6-3-2-4-7-12/h2-4,6-7,11,15-16H,5,8-10H2,1H3/t15-,16?/m1/s1. The second-order valence-electron chi connectivity index (χ2n) is 5.85. The number of carbonyl (C=O) groups excluding carboxylic acids is 3. The highest BCUT2D eigenvalue weighted by atomic mass is 16.6. The predicted molar refractivity (Wildman–Crippen MR) is 84.6 cm³/mol. The molecule has 2 saturated heterocycles. The first kappa shape index (κ1) is 16.2. The lowest BCUT2D eigenvalue weighted by Gasteiger charge is -2.33. The van der Waals surface area contributed by atoms with Crippen molar-refractivity contribution >= 4 is 18.2 Å². The Hall–Kier alpha value is -2.63. The van der Waals surface area contributed by atoms with Gasteiger partial charge >= 0.3 is 5.97 Å². The molecule has 2 heterocycles. The summed E-state index contributed by atoms with van der Waals surface area (Å²) in [5.74, 6) is -0.483. The highest BCUT2D eigenvalue weighted by Crippen LogP contribution is 2.38. The van der Waals surface area contributed by atoms with Crippen molar-refractivity contribution < 1.29 is 23.9 Å². The molecular formula is C18H19NO5. The molecule has 1 unspecified atom stereocenters. The first-order valence-electron chi connectivity index (χ1n) is 7.93. The number of nitrogens with zero attached hydrogens (tertiary/aromatic N) is 1. The number of amides is 1. The number of ether oxygens (including phenoxy) is 2. The Morgan fingerprint density at radius 2 is 2.12 bits per heavy atom. The quantitative estimate of drug-likeness (QED) is 0.343. The highest BCUT2D eigenvalue weighted by Gasteiger charge is 2.54. The van der Waals surface area contributed by atoms with Crippen molar-refractivity contribution in [3.05, 3.63) is 47.2 Å². The summed E-state index contributed by atoms with van der Waals surface area (Å²) in [5, 5.41) is 0. The Morgan fingerprint density at radius 1 is 1.38 bits per heavy atom. The van der Waals surface area contributed by atoms with E-state index in [2.05, 4.69) is 0 Å². The first-order valence-corrected chi connectivity index (χ1v) is 7.93. The van der Waals surface area contributed by atoms with Crippen LogP contribution in [0.25, 0.3) is 0 Å². The van der Waals surface area contributed by atoms with Crippen LogP contribution in [0.15, 0.2) is 41.7 Å². The second-order valence-corrected chi connectivity index (χ2v) is 5.85. The molecule has 2 aliphatic heterocycles. The van der Waals surface area contributed by atoms with Crippen LogP contribution in [-0.4, -0.2) is 42.4 Å². The zero-order valence-corrected chi connectivity index (χ0v) is 13.4. The highest BCUT2D eigenvalue weighted by molar-refractivity contribution is 5.93.